The van der Waals surface area contributed by atoms with Crippen molar-refractivity contribution in [3.63, 3.8) is 0 Å². The Hall–Kier alpha value is -4.08. The molecule has 2 aromatic carbocycles. The Bertz CT molecular complexity index is 1190. The standard InChI is InChI=1S/C31H39FN4O5/c32-20-28(38)24(13-7-15-35-31(33)34)18-27(37)26-14-8-16-36(26)30(40)25(17-22-9-3-1-4-10-22)19-29(39)41-21-23-11-5-2-6-12-23/h1-6,9-12,24-26H,7-8,13-21H2,(H4,33,34,35)/t24-,25-,26+/m1/s1. The number of alkyl halides is 1. The van der Waals surface area contributed by atoms with Crippen LogP contribution >= 0.6 is 0 Å². The Morgan fingerprint density at radius 1 is 0.951 bits per heavy atom. The summed E-state index contributed by atoms with van der Waals surface area (Å²) < 4.78 is 18.7. The molecular formula is C31H39FN4O5. The highest BCUT2D eigenvalue weighted by atomic mass is 19.1. The van der Waals surface area contributed by atoms with Gasteiger partial charge < -0.3 is 21.1 Å². The van der Waals surface area contributed by atoms with E-state index in [2.05, 4.69) is 4.99 Å². The maximum Gasteiger partial charge on any atom is 0.306 e. The van der Waals surface area contributed by atoms with Crippen molar-refractivity contribution in [2.45, 2.75) is 57.6 Å². The predicted molar refractivity (Wildman–Crippen MR) is 153 cm³/mol. The number of ketones is 2. The highest BCUT2D eigenvalue weighted by Crippen LogP contribution is 2.27. The molecule has 0 aliphatic carbocycles. The fourth-order valence-corrected chi connectivity index (χ4v) is 5.15. The number of amides is 1. The first-order valence-electron chi connectivity index (χ1n) is 14.0. The lowest BCUT2D eigenvalue weighted by atomic mass is 9.89. The molecule has 10 heteroatoms. The second-order valence-electron chi connectivity index (χ2n) is 10.3. The first kappa shape index (κ1) is 31.4. The lowest BCUT2D eigenvalue weighted by Gasteiger charge is -2.29. The molecule has 0 radical (unpaired) electrons. The van der Waals surface area contributed by atoms with Crippen molar-refractivity contribution in [3.05, 3.63) is 71.8 Å². The molecule has 0 aromatic heterocycles. The van der Waals surface area contributed by atoms with Gasteiger partial charge in [-0.05, 0) is 43.2 Å². The Morgan fingerprint density at radius 2 is 1.61 bits per heavy atom. The molecule has 4 N–H and O–H groups in total. The number of benzene rings is 2. The van der Waals surface area contributed by atoms with Crippen LogP contribution in [-0.2, 0) is 36.9 Å². The molecular weight excluding hydrogens is 527 g/mol. The number of carbonyl (C=O) groups is 4. The summed E-state index contributed by atoms with van der Waals surface area (Å²) >= 11 is 0. The van der Waals surface area contributed by atoms with E-state index >= 15 is 0 Å². The molecule has 220 valence electrons. The Balaban J connectivity index is 1.69. The molecule has 0 spiro atoms. The zero-order chi connectivity index (χ0) is 29.6. The number of halogens is 1. The van der Waals surface area contributed by atoms with Crippen LogP contribution in [0.2, 0.25) is 0 Å². The van der Waals surface area contributed by atoms with Crippen molar-refractivity contribution in [1.29, 1.82) is 0 Å². The number of likely N-dealkylation sites (tertiary alicyclic amines) is 1. The van der Waals surface area contributed by atoms with Gasteiger partial charge in [-0.25, -0.2) is 4.39 Å². The lowest BCUT2D eigenvalue weighted by Crippen LogP contribution is -2.45. The van der Waals surface area contributed by atoms with Crippen LogP contribution in [0.5, 0.6) is 0 Å². The molecule has 1 heterocycles. The summed E-state index contributed by atoms with van der Waals surface area (Å²) in [5.74, 6) is -3.36. The van der Waals surface area contributed by atoms with Crippen LogP contribution in [0.3, 0.4) is 0 Å². The number of carbonyl (C=O) groups excluding carboxylic acids is 4. The van der Waals surface area contributed by atoms with Gasteiger partial charge in [-0.2, -0.15) is 0 Å². The second-order valence-corrected chi connectivity index (χ2v) is 10.3. The molecule has 0 saturated carbocycles. The molecule has 0 bridgehead atoms. The number of esters is 1. The third kappa shape index (κ3) is 10.1. The van der Waals surface area contributed by atoms with Crippen LogP contribution in [-0.4, -0.2) is 60.1 Å². The van der Waals surface area contributed by atoms with Gasteiger partial charge in [-0.3, -0.25) is 24.2 Å². The predicted octanol–water partition coefficient (Wildman–Crippen LogP) is 3.14. The van der Waals surface area contributed by atoms with E-state index < -0.39 is 36.3 Å². The average molecular weight is 567 g/mol. The first-order valence-corrected chi connectivity index (χ1v) is 14.0. The minimum atomic E-state index is -1.17. The molecule has 2 aromatic rings. The lowest BCUT2D eigenvalue weighted by molar-refractivity contribution is -0.151. The number of hydrogen-bond acceptors (Lipinski definition) is 6. The Morgan fingerprint density at radius 3 is 2.24 bits per heavy atom. The third-order valence-corrected chi connectivity index (χ3v) is 7.28. The maximum absolute atomic E-state index is 13.8. The average Bonchev–Trinajstić information content (AvgIpc) is 3.48. The maximum atomic E-state index is 13.8. The molecule has 1 aliphatic heterocycles. The van der Waals surface area contributed by atoms with E-state index in [0.29, 0.717) is 32.2 Å². The molecule has 41 heavy (non-hydrogen) atoms. The van der Waals surface area contributed by atoms with Crippen LogP contribution in [0.25, 0.3) is 0 Å². The van der Waals surface area contributed by atoms with Crippen molar-refractivity contribution >= 4 is 29.4 Å². The molecule has 3 atom stereocenters. The van der Waals surface area contributed by atoms with Crippen LogP contribution in [0, 0.1) is 11.8 Å². The molecule has 1 saturated heterocycles. The molecule has 1 amide bonds. The number of rotatable bonds is 16. The minimum absolute atomic E-state index is 0.0800. The van der Waals surface area contributed by atoms with Gasteiger partial charge >= 0.3 is 5.97 Å². The van der Waals surface area contributed by atoms with Crippen molar-refractivity contribution in [2.24, 2.45) is 28.3 Å². The molecule has 1 fully saturated rings. The first-order chi connectivity index (χ1) is 19.8. The second kappa shape index (κ2) is 16.2. The third-order valence-electron chi connectivity index (χ3n) is 7.28. The zero-order valence-corrected chi connectivity index (χ0v) is 23.3. The van der Waals surface area contributed by atoms with Gasteiger partial charge in [0.05, 0.1) is 18.4 Å². The number of guanidine groups is 1. The van der Waals surface area contributed by atoms with Gasteiger partial charge in [-0.1, -0.05) is 60.7 Å². The highest BCUT2D eigenvalue weighted by molar-refractivity contribution is 5.94. The molecule has 0 unspecified atom stereocenters. The normalized spacial score (nSPS) is 16.0. The number of hydrogen-bond donors (Lipinski definition) is 2. The van der Waals surface area contributed by atoms with Gasteiger partial charge in [0.1, 0.15) is 13.3 Å². The van der Waals surface area contributed by atoms with Crippen molar-refractivity contribution in [2.75, 3.05) is 19.8 Å². The minimum Gasteiger partial charge on any atom is -0.461 e. The summed E-state index contributed by atoms with van der Waals surface area (Å²) in [6.07, 6.45) is 1.75. The van der Waals surface area contributed by atoms with E-state index in [4.69, 9.17) is 16.2 Å². The summed E-state index contributed by atoms with van der Waals surface area (Å²) in [5, 5.41) is 0. The van der Waals surface area contributed by atoms with E-state index in [1.165, 1.54) is 4.90 Å². The van der Waals surface area contributed by atoms with Gasteiger partial charge in [0, 0.05) is 25.4 Å². The molecule has 9 nitrogen and oxygen atoms in total. The Labute approximate surface area is 240 Å². The summed E-state index contributed by atoms with van der Waals surface area (Å²) in [6, 6.07) is 17.9. The fraction of sp³-hybridized carbons (Fsp3) is 0.452. The molecule has 1 aliphatic rings. The monoisotopic (exact) mass is 566 g/mol. The topological polar surface area (TPSA) is 145 Å². The highest BCUT2D eigenvalue weighted by Gasteiger charge is 2.39. The zero-order valence-electron chi connectivity index (χ0n) is 23.3. The SMILES string of the molecule is NC(N)=NCCC[C@H](CC(=O)[C@@H]1CCCN1C(=O)[C@@H](CC(=O)OCc1ccccc1)Cc1ccccc1)C(=O)CF. The van der Waals surface area contributed by atoms with Crippen LogP contribution in [0.1, 0.15) is 49.7 Å². The van der Waals surface area contributed by atoms with Gasteiger partial charge in [0.25, 0.3) is 0 Å². The van der Waals surface area contributed by atoms with E-state index in [0.717, 1.165) is 11.1 Å². The Kier molecular flexibility index (Phi) is 12.5. The van der Waals surface area contributed by atoms with Gasteiger partial charge in [0.2, 0.25) is 5.91 Å². The smallest absolute Gasteiger partial charge is 0.306 e. The summed E-state index contributed by atoms with van der Waals surface area (Å²) in [6.45, 7) is -0.435. The van der Waals surface area contributed by atoms with Gasteiger partial charge in [0.15, 0.2) is 17.5 Å². The summed E-state index contributed by atoms with van der Waals surface area (Å²) in [5.41, 5.74) is 12.4. The van der Waals surface area contributed by atoms with E-state index in [9.17, 15) is 23.6 Å². The number of aliphatic imine (C=N–C) groups is 1. The van der Waals surface area contributed by atoms with E-state index in [1.54, 1.807) is 0 Å². The largest absolute Gasteiger partial charge is 0.461 e. The molecule has 3 rings (SSSR count). The van der Waals surface area contributed by atoms with Crippen LogP contribution in [0.4, 0.5) is 4.39 Å². The van der Waals surface area contributed by atoms with Crippen molar-refractivity contribution in [1.82, 2.24) is 4.90 Å². The van der Waals surface area contributed by atoms with Crippen LogP contribution in [0.15, 0.2) is 65.7 Å². The number of nitrogens with zero attached hydrogens (tertiary/aromatic N) is 2. The summed E-state index contributed by atoms with van der Waals surface area (Å²) in [4.78, 5) is 57.7. The number of Topliss-reactive ketones (excluding diaryl/α,β-unsaturated/α-hetero) is 2. The quantitative estimate of drug-likeness (QED) is 0.137. The fourth-order valence-electron chi connectivity index (χ4n) is 5.15. The number of nitrogens with two attached hydrogens (primary N) is 2. The van der Waals surface area contributed by atoms with Gasteiger partial charge in [-0.15, -0.1) is 0 Å². The van der Waals surface area contributed by atoms with Crippen molar-refractivity contribution in [3.8, 4) is 0 Å². The van der Waals surface area contributed by atoms with Crippen molar-refractivity contribution < 1.29 is 28.3 Å². The summed E-state index contributed by atoms with van der Waals surface area (Å²) in [7, 11) is 0. The van der Waals surface area contributed by atoms with E-state index in [-0.39, 0.29) is 50.1 Å². The number of ether oxygens (including phenoxy) is 1. The van der Waals surface area contributed by atoms with E-state index in [1.807, 2.05) is 60.7 Å². The van der Waals surface area contributed by atoms with Crippen LogP contribution < -0.4 is 11.5 Å².